The van der Waals surface area contributed by atoms with Crippen LogP contribution >= 0.6 is 7.82 Å². The Hall–Kier alpha value is -3.47. The molecule has 2 heterocycles. The van der Waals surface area contributed by atoms with Crippen LogP contribution in [0.2, 0.25) is 0 Å². The minimum Gasteiger partial charge on any atom is -0.395 e. The molecule has 4 atom stereocenters. The molecule has 0 bridgehead atoms. The van der Waals surface area contributed by atoms with Crippen LogP contribution in [0.3, 0.4) is 0 Å². The van der Waals surface area contributed by atoms with Gasteiger partial charge in [0.15, 0.2) is 6.23 Å². The van der Waals surface area contributed by atoms with Gasteiger partial charge in [0.1, 0.15) is 35.1 Å². The van der Waals surface area contributed by atoms with Crippen LogP contribution in [0.15, 0.2) is 78.2 Å². The normalized spacial score (nSPS) is 23.5. The Morgan fingerprint density at radius 2 is 1.62 bits per heavy atom. The van der Waals surface area contributed by atoms with Gasteiger partial charge < -0.3 is 29.7 Å². The molecule has 0 saturated carbocycles. The van der Waals surface area contributed by atoms with Gasteiger partial charge in [0.25, 0.3) is 0 Å². The molecule has 0 radical (unpaired) electrons. The molecule has 4 rings (SSSR count). The fourth-order valence-corrected chi connectivity index (χ4v) is 4.97. The Balaban J connectivity index is 1.61. The summed E-state index contributed by atoms with van der Waals surface area (Å²) in [5, 5.41) is 21.6. The number of aliphatic hydroxyl groups is 2. The van der Waals surface area contributed by atoms with Gasteiger partial charge in [-0.25, -0.2) is 9.36 Å². The summed E-state index contributed by atoms with van der Waals surface area (Å²) in [6, 6.07) is 14.8. The van der Waals surface area contributed by atoms with Crippen LogP contribution in [0, 0.1) is 13.8 Å². The second-order valence-corrected chi connectivity index (χ2v) is 10.2. The highest BCUT2D eigenvalue weighted by molar-refractivity contribution is 7.49. The van der Waals surface area contributed by atoms with Gasteiger partial charge >= 0.3 is 13.5 Å². The van der Waals surface area contributed by atoms with Crippen molar-refractivity contribution in [3.63, 3.8) is 0 Å². The highest BCUT2D eigenvalue weighted by Crippen LogP contribution is 2.51. The molecule has 4 N–H and O–H groups in total. The Morgan fingerprint density at radius 1 is 1.08 bits per heavy atom. The number of phosphoric acid groups is 1. The molecule has 1 aliphatic heterocycles. The highest BCUT2D eigenvalue weighted by Gasteiger charge is 2.55. The van der Waals surface area contributed by atoms with Gasteiger partial charge in [-0.1, -0.05) is 41.5 Å². The summed E-state index contributed by atoms with van der Waals surface area (Å²) in [6.07, 6.45) is -2.09. The third kappa shape index (κ3) is 5.76. The van der Waals surface area contributed by atoms with Crippen LogP contribution in [0.5, 0.6) is 11.5 Å². The lowest BCUT2D eigenvalue weighted by molar-refractivity contribution is -0.0971. The predicted molar refractivity (Wildman–Crippen MR) is 135 cm³/mol. The average molecular weight is 529 g/mol. The van der Waals surface area contributed by atoms with Crippen molar-refractivity contribution < 1.29 is 33.1 Å². The van der Waals surface area contributed by atoms with Crippen molar-refractivity contribution >= 4 is 13.6 Å². The smallest absolute Gasteiger partial charge is 0.395 e. The Morgan fingerprint density at radius 3 is 2.11 bits per heavy atom. The van der Waals surface area contributed by atoms with E-state index in [4.69, 9.17) is 24.0 Å². The minimum atomic E-state index is -4.37. The van der Waals surface area contributed by atoms with Crippen molar-refractivity contribution in [2.45, 2.75) is 37.9 Å². The molecule has 0 aliphatic carbocycles. The number of benzene rings is 2. The van der Waals surface area contributed by atoms with Crippen LogP contribution in [0.25, 0.3) is 0 Å². The molecule has 0 spiro atoms. The van der Waals surface area contributed by atoms with E-state index in [0.717, 1.165) is 15.7 Å². The van der Waals surface area contributed by atoms with E-state index >= 15 is 0 Å². The maximum absolute atomic E-state index is 13.8. The lowest BCUT2D eigenvalue weighted by atomic mass is 9.96. The Labute approximate surface area is 213 Å². The molecule has 37 heavy (non-hydrogen) atoms. The molecule has 1 aromatic heterocycles. The van der Waals surface area contributed by atoms with Gasteiger partial charge in [-0.15, -0.1) is 6.58 Å². The number of ether oxygens (including phenoxy) is 1. The van der Waals surface area contributed by atoms with Crippen LogP contribution < -0.4 is 20.5 Å². The fraction of sp³-hybridized carbons (Fsp3) is 0.280. The third-order valence-electron chi connectivity index (χ3n) is 5.85. The molecule has 0 unspecified atom stereocenters. The summed E-state index contributed by atoms with van der Waals surface area (Å²) < 4.78 is 37.6. The number of aliphatic hydroxyl groups excluding tert-OH is 2. The lowest BCUT2D eigenvalue weighted by Crippen LogP contribution is -2.45. The lowest BCUT2D eigenvalue weighted by Gasteiger charge is -2.29. The number of nitrogen functional groups attached to an aromatic ring is 1. The molecule has 196 valence electrons. The van der Waals surface area contributed by atoms with Crippen LogP contribution in [-0.4, -0.2) is 44.2 Å². The summed E-state index contributed by atoms with van der Waals surface area (Å²) in [5.74, 6) is 0.424. The van der Waals surface area contributed by atoms with Crippen molar-refractivity contribution in [2.24, 2.45) is 0 Å². The molecule has 1 saturated heterocycles. The Bertz CT molecular complexity index is 1310. The topological polar surface area (TPSA) is 155 Å². The van der Waals surface area contributed by atoms with Gasteiger partial charge in [-0.05, 0) is 44.2 Å². The van der Waals surface area contributed by atoms with Gasteiger partial charge in [0.05, 0.1) is 6.61 Å². The minimum absolute atomic E-state index is 0.0185. The Kier molecular flexibility index (Phi) is 7.54. The van der Waals surface area contributed by atoms with Gasteiger partial charge in [-0.2, -0.15) is 4.98 Å². The van der Waals surface area contributed by atoms with Crippen molar-refractivity contribution in [3.8, 4) is 11.5 Å². The number of aryl methyl sites for hydroxylation is 2. The van der Waals surface area contributed by atoms with E-state index < -0.39 is 44.2 Å². The summed E-state index contributed by atoms with van der Waals surface area (Å²) >= 11 is 0. The van der Waals surface area contributed by atoms with Crippen molar-refractivity contribution in [1.29, 1.82) is 0 Å². The average Bonchev–Trinajstić information content (AvgIpc) is 3.11. The van der Waals surface area contributed by atoms with Gasteiger partial charge in [-0.3, -0.25) is 9.09 Å². The predicted octanol–water partition coefficient (Wildman–Crippen LogP) is 2.90. The summed E-state index contributed by atoms with van der Waals surface area (Å²) in [5.41, 5.74) is 4.87. The van der Waals surface area contributed by atoms with E-state index in [1.54, 1.807) is 48.5 Å². The first-order chi connectivity index (χ1) is 17.5. The monoisotopic (exact) mass is 529 g/mol. The zero-order valence-corrected chi connectivity index (χ0v) is 21.2. The molecule has 0 amide bonds. The molecular weight excluding hydrogens is 501 g/mol. The SMILES string of the molecule is C=C[C@]1(COP(=O)(Oc2ccc(C)cc2)Oc2ccc(C)cc2)O[C@@H](n2ccc(N)nc2=O)[C@H](O)[C@@H]1O. The zero-order valence-electron chi connectivity index (χ0n) is 20.3. The quantitative estimate of drug-likeness (QED) is 0.278. The maximum atomic E-state index is 13.8. The fourth-order valence-electron chi connectivity index (χ4n) is 3.71. The van der Waals surface area contributed by atoms with E-state index in [9.17, 15) is 19.6 Å². The number of nitrogens with zero attached hydrogens (tertiary/aromatic N) is 2. The summed E-state index contributed by atoms with van der Waals surface area (Å²) in [6.45, 7) is 6.86. The first kappa shape index (κ1) is 26.6. The largest absolute Gasteiger partial charge is 0.587 e. The van der Waals surface area contributed by atoms with E-state index in [0.29, 0.717) is 0 Å². The van der Waals surface area contributed by atoms with E-state index in [2.05, 4.69) is 11.6 Å². The van der Waals surface area contributed by atoms with Crippen LogP contribution in [0.1, 0.15) is 17.4 Å². The molecule has 11 nitrogen and oxygen atoms in total. The third-order valence-corrected chi connectivity index (χ3v) is 7.17. The molecular formula is C25H28N3O8P. The first-order valence-electron chi connectivity index (χ1n) is 11.3. The van der Waals surface area contributed by atoms with Crippen molar-refractivity contribution in [1.82, 2.24) is 9.55 Å². The highest BCUT2D eigenvalue weighted by atomic mass is 31.2. The van der Waals surface area contributed by atoms with Crippen molar-refractivity contribution in [3.05, 3.63) is 95.1 Å². The molecule has 1 fully saturated rings. The van der Waals surface area contributed by atoms with E-state index in [1.165, 1.54) is 18.3 Å². The number of hydrogen-bond acceptors (Lipinski definition) is 10. The molecule has 2 aromatic carbocycles. The zero-order chi connectivity index (χ0) is 26.8. The number of aromatic nitrogens is 2. The van der Waals surface area contributed by atoms with Crippen LogP contribution in [-0.2, 0) is 13.8 Å². The second-order valence-electron chi connectivity index (χ2n) is 8.67. The van der Waals surface area contributed by atoms with Crippen LogP contribution in [0.4, 0.5) is 5.82 Å². The second kappa shape index (κ2) is 10.5. The van der Waals surface area contributed by atoms with E-state index in [1.807, 2.05) is 13.8 Å². The standard InChI is InChI=1S/C25H28N3O8P/c1-4-25(22(30)21(29)23(34-25)28-14-13-20(26)27-24(28)31)15-33-37(32,35-18-9-5-16(2)6-10-18)36-19-11-7-17(3)8-12-19/h4-14,21-23,29-30H,1,15H2,2-3H3,(H2,26,27,31)/t21-,22+,23-,25-/m1/s1. The number of phosphoric ester groups is 1. The van der Waals surface area contributed by atoms with Crippen molar-refractivity contribution in [2.75, 3.05) is 12.3 Å². The maximum Gasteiger partial charge on any atom is 0.587 e. The number of hydrogen-bond donors (Lipinski definition) is 3. The summed E-state index contributed by atoms with van der Waals surface area (Å²) in [4.78, 5) is 15.9. The number of anilines is 1. The van der Waals surface area contributed by atoms with Gasteiger partial charge in [0, 0.05) is 6.20 Å². The van der Waals surface area contributed by atoms with Gasteiger partial charge in [0.2, 0.25) is 0 Å². The molecule has 12 heteroatoms. The summed E-state index contributed by atoms with van der Waals surface area (Å²) in [7, 11) is -4.37. The molecule has 3 aromatic rings. The number of nitrogens with two attached hydrogens (primary N) is 1. The number of rotatable bonds is 9. The van der Waals surface area contributed by atoms with E-state index in [-0.39, 0.29) is 17.3 Å². The molecule has 1 aliphatic rings. The first-order valence-corrected chi connectivity index (χ1v) is 12.8.